The normalized spacial score (nSPS) is 11.6. The van der Waals surface area contributed by atoms with E-state index in [2.05, 4.69) is 0 Å². The van der Waals surface area contributed by atoms with Crippen molar-refractivity contribution in [2.75, 3.05) is 0 Å². The fourth-order valence-electron chi connectivity index (χ4n) is 2.84. The van der Waals surface area contributed by atoms with Crippen molar-refractivity contribution in [3.63, 3.8) is 0 Å². The lowest BCUT2D eigenvalue weighted by Crippen LogP contribution is -2.05. The summed E-state index contributed by atoms with van der Waals surface area (Å²) in [7, 11) is -2.75. The van der Waals surface area contributed by atoms with Gasteiger partial charge in [-0.25, -0.2) is 4.57 Å². The van der Waals surface area contributed by atoms with E-state index >= 15 is 0 Å². The number of carbonyl (C=O) groups excluding carboxylic acids is 1. The summed E-state index contributed by atoms with van der Waals surface area (Å²) in [5.41, 5.74) is 3.09. The zero-order valence-electron chi connectivity index (χ0n) is 15.3. The molecule has 0 aromatic heterocycles. The molecule has 3 aromatic carbocycles. The summed E-state index contributed by atoms with van der Waals surface area (Å²) in [5.74, 6) is 1.02. The molecule has 0 aliphatic carbocycles. The molecule has 0 saturated heterocycles. The Morgan fingerprint density at radius 2 is 1.41 bits per heavy atom. The van der Waals surface area contributed by atoms with Gasteiger partial charge in [-0.05, 0) is 54.8 Å². The number of hydrogen-bond donors (Lipinski definition) is 0. The molecule has 0 amide bonds. The summed E-state index contributed by atoms with van der Waals surface area (Å²) >= 11 is 0. The molecule has 138 valence electrons. The zero-order chi connectivity index (χ0) is 19.2. The van der Waals surface area contributed by atoms with Gasteiger partial charge in [0.05, 0.1) is 0 Å². The van der Waals surface area contributed by atoms with Gasteiger partial charge in [-0.3, -0.25) is 4.79 Å². The molecule has 0 saturated carbocycles. The van der Waals surface area contributed by atoms with Crippen molar-refractivity contribution in [3.8, 4) is 11.5 Å². The van der Waals surface area contributed by atoms with Gasteiger partial charge < -0.3 is 9.05 Å². The number of para-hydroxylation sites is 1. The summed E-state index contributed by atoms with van der Waals surface area (Å²) in [5, 5.41) is 0. The summed E-state index contributed by atoms with van der Waals surface area (Å²) in [6.45, 7) is 3.67. The third kappa shape index (κ3) is 5.08. The first-order valence-electron chi connectivity index (χ1n) is 8.66. The molecule has 3 rings (SSSR count). The minimum Gasteiger partial charge on any atom is -0.418 e. The molecule has 27 heavy (non-hydrogen) atoms. The van der Waals surface area contributed by atoms with Crippen LogP contribution >= 0.6 is 8.25 Å². The van der Waals surface area contributed by atoms with Gasteiger partial charge in [0.25, 0.3) is 0 Å². The molecule has 3 aromatic rings. The molecular formula is C22H21O4P. The van der Waals surface area contributed by atoms with Gasteiger partial charge >= 0.3 is 8.25 Å². The van der Waals surface area contributed by atoms with E-state index in [9.17, 15) is 9.36 Å². The summed E-state index contributed by atoms with van der Waals surface area (Å²) < 4.78 is 23.1. The lowest BCUT2D eigenvalue weighted by molar-refractivity contribution is 0.0993. The maximum absolute atomic E-state index is 12.6. The second kappa shape index (κ2) is 8.70. The first-order valence-corrected chi connectivity index (χ1v) is 9.88. The number of Topliss-reactive ketones (excluding diaryl/α,β-unsaturated/α-hetero) is 1. The Labute approximate surface area is 159 Å². The highest BCUT2D eigenvalue weighted by molar-refractivity contribution is 7.34. The Morgan fingerprint density at radius 1 is 0.852 bits per heavy atom. The van der Waals surface area contributed by atoms with Crippen LogP contribution in [0, 0.1) is 13.8 Å². The van der Waals surface area contributed by atoms with Crippen LogP contribution in [0.5, 0.6) is 11.5 Å². The highest BCUT2D eigenvalue weighted by Crippen LogP contribution is 2.35. The Hall–Kier alpha value is -2.84. The first kappa shape index (κ1) is 18.9. The molecule has 0 aliphatic rings. The Balaban J connectivity index is 1.72. The van der Waals surface area contributed by atoms with Crippen molar-refractivity contribution >= 4 is 14.0 Å². The Morgan fingerprint density at radius 3 is 2.00 bits per heavy atom. The molecule has 1 atom stereocenters. The smallest absolute Gasteiger partial charge is 0.418 e. The van der Waals surface area contributed by atoms with Crippen LogP contribution in [0.1, 0.15) is 27.0 Å². The zero-order valence-corrected chi connectivity index (χ0v) is 16.3. The number of aryl methyl sites for hydroxylation is 2. The van der Waals surface area contributed by atoms with Crippen molar-refractivity contribution in [1.29, 1.82) is 0 Å². The van der Waals surface area contributed by atoms with Gasteiger partial charge in [-0.1, -0.05) is 48.5 Å². The third-order valence-corrected chi connectivity index (χ3v) is 4.89. The van der Waals surface area contributed by atoms with Crippen molar-refractivity contribution in [3.05, 3.63) is 95.1 Å². The lowest BCUT2D eigenvalue weighted by atomic mass is 9.99. The van der Waals surface area contributed by atoms with Crippen molar-refractivity contribution in [2.24, 2.45) is 0 Å². The van der Waals surface area contributed by atoms with E-state index in [1.165, 1.54) is 0 Å². The van der Waals surface area contributed by atoms with Crippen molar-refractivity contribution in [2.45, 2.75) is 20.3 Å². The van der Waals surface area contributed by atoms with E-state index in [-0.39, 0.29) is 5.78 Å². The van der Waals surface area contributed by atoms with Crippen LogP contribution in [0.25, 0.3) is 0 Å². The van der Waals surface area contributed by atoms with Crippen LogP contribution in [0.3, 0.4) is 0 Å². The molecule has 5 heteroatoms. The topological polar surface area (TPSA) is 52.6 Å². The minimum absolute atomic E-state index is 0.0344. The van der Waals surface area contributed by atoms with E-state index in [4.69, 9.17) is 9.05 Å². The second-order valence-electron chi connectivity index (χ2n) is 6.29. The Kier molecular flexibility index (Phi) is 6.10. The average Bonchev–Trinajstić information content (AvgIpc) is 2.66. The number of rotatable bonds is 7. The van der Waals surface area contributed by atoms with Gasteiger partial charge in [0.1, 0.15) is 11.5 Å². The molecule has 4 nitrogen and oxygen atoms in total. The highest BCUT2D eigenvalue weighted by atomic mass is 31.1. The highest BCUT2D eigenvalue weighted by Gasteiger charge is 2.15. The van der Waals surface area contributed by atoms with Gasteiger partial charge in [0.15, 0.2) is 5.78 Å². The summed E-state index contributed by atoms with van der Waals surface area (Å²) in [4.78, 5) is 12.6. The standard InChI is InChI=1S/C22H21O4P/c1-16-13-19(21(23)15-18-9-5-3-6-10-18)14-17(2)22(16)26-27(24)25-20-11-7-4-8-12-20/h3-14,27H,15H2,1-2H3. The van der Waals surface area contributed by atoms with E-state index < -0.39 is 8.25 Å². The van der Waals surface area contributed by atoms with E-state index in [1.807, 2.05) is 50.2 Å². The number of carbonyl (C=O) groups is 1. The average molecular weight is 380 g/mol. The molecule has 0 bridgehead atoms. The molecule has 0 radical (unpaired) electrons. The fourth-order valence-corrected chi connectivity index (χ4v) is 3.70. The third-order valence-electron chi connectivity index (χ3n) is 4.12. The first-order chi connectivity index (χ1) is 13.0. The number of ketones is 1. The largest absolute Gasteiger partial charge is 0.418 e. The Bertz CT molecular complexity index is 930. The number of hydrogen-bond acceptors (Lipinski definition) is 4. The SMILES string of the molecule is Cc1cc(C(=O)Cc2ccccc2)cc(C)c1O[PH](=O)Oc1ccccc1. The second-order valence-corrected chi connectivity index (χ2v) is 7.20. The summed E-state index contributed by atoms with van der Waals surface area (Å²) in [6, 6.07) is 22.1. The van der Waals surface area contributed by atoms with Crippen LogP contribution in [0.15, 0.2) is 72.8 Å². The molecule has 0 spiro atoms. The quantitative estimate of drug-likeness (QED) is 0.397. The van der Waals surface area contributed by atoms with Gasteiger partial charge in [0, 0.05) is 12.0 Å². The van der Waals surface area contributed by atoms with Gasteiger partial charge in [-0.2, -0.15) is 0 Å². The maximum atomic E-state index is 12.6. The number of benzene rings is 3. The van der Waals surface area contributed by atoms with Crippen LogP contribution < -0.4 is 9.05 Å². The van der Waals surface area contributed by atoms with Gasteiger partial charge in [0.2, 0.25) is 0 Å². The molecule has 0 fully saturated rings. The van der Waals surface area contributed by atoms with Crippen LogP contribution in [0.4, 0.5) is 0 Å². The predicted octanol–water partition coefficient (Wildman–Crippen LogP) is 5.58. The molecule has 1 unspecified atom stereocenters. The van der Waals surface area contributed by atoms with Gasteiger partial charge in [-0.15, -0.1) is 0 Å². The van der Waals surface area contributed by atoms with Crippen LogP contribution in [-0.4, -0.2) is 5.78 Å². The minimum atomic E-state index is -2.75. The van der Waals surface area contributed by atoms with Crippen LogP contribution in [0.2, 0.25) is 0 Å². The molecule has 0 N–H and O–H groups in total. The lowest BCUT2D eigenvalue weighted by Gasteiger charge is -2.14. The summed E-state index contributed by atoms with van der Waals surface area (Å²) in [6.07, 6.45) is 0.341. The van der Waals surface area contributed by atoms with Crippen LogP contribution in [-0.2, 0) is 11.0 Å². The van der Waals surface area contributed by atoms with E-state index in [0.717, 1.165) is 16.7 Å². The van der Waals surface area contributed by atoms with E-state index in [1.54, 1.807) is 36.4 Å². The van der Waals surface area contributed by atoms with Crippen molar-refractivity contribution in [1.82, 2.24) is 0 Å². The monoisotopic (exact) mass is 380 g/mol. The fraction of sp³-hybridized carbons (Fsp3) is 0.136. The van der Waals surface area contributed by atoms with E-state index in [0.29, 0.717) is 23.5 Å². The molecule has 0 heterocycles. The predicted molar refractivity (Wildman–Crippen MR) is 107 cm³/mol. The molecule has 0 aliphatic heterocycles. The molecular weight excluding hydrogens is 359 g/mol. The van der Waals surface area contributed by atoms with Crippen molar-refractivity contribution < 1.29 is 18.4 Å². The maximum Gasteiger partial charge on any atom is 0.418 e.